The zero-order chi connectivity index (χ0) is 10.6. The molecule has 3 N–H and O–H groups in total. The van der Waals surface area contributed by atoms with Gasteiger partial charge in [-0.05, 0) is 12.1 Å². The number of phenolic OH excluding ortho intramolecular Hbond substituents is 1. The maximum atomic E-state index is 9.75. The molecule has 0 saturated heterocycles. The molecule has 0 bridgehead atoms. The molecule has 4 heteroatoms. The highest BCUT2D eigenvalue weighted by Gasteiger charge is 2.08. The molecule has 0 aromatic heterocycles. The maximum Gasteiger partial charge on any atom is 0.166 e. The first-order valence-corrected chi connectivity index (χ1v) is 4.92. The molecule has 0 aliphatic rings. The standard InChI is InChI=1S/C10H12BrNO2/c1-14-9-5-4-8(11)7(10(9)13)3-2-6-12/h2-5,13H,6,12H2,1H3/b3-2+. The van der Waals surface area contributed by atoms with E-state index >= 15 is 0 Å². The maximum absolute atomic E-state index is 9.75. The van der Waals surface area contributed by atoms with Gasteiger partial charge in [0, 0.05) is 16.6 Å². The van der Waals surface area contributed by atoms with E-state index in [0.717, 1.165) is 4.47 Å². The van der Waals surface area contributed by atoms with Crippen LogP contribution in [0.25, 0.3) is 6.08 Å². The van der Waals surface area contributed by atoms with Crippen molar-refractivity contribution in [2.24, 2.45) is 5.73 Å². The summed E-state index contributed by atoms with van der Waals surface area (Å²) < 4.78 is 5.79. The third-order valence-electron chi connectivity index (χ3n) is 1.77. The monoisotopic (exact) mass is 257 g/mol. The van der Waals surface area contributed by atoms with Crippen LogP contribution in [0.1, 0.15) is 5.56 Å². The van der Waals surface area contributed by atoms with Gasteiger partial charge >= 0.3 is 0 Å². The van der Waals surface area contributed by atoms with Gasteiger partial charge in [-0.3, -0.25) is 0 Å². The van der Waals surface area contributed by atoms with Crippen LogP contribution in [-0.2, 0) is 0 Å². The lowest BCUT2D eigenvalue weighted by Gasteiger charge is -2.07. The molecule has 0 aliphatic heterocycles. The van der Waals surface area contributed by atoms with Crippen LogP contribution < -0.4 is 10.5 Å². The SMILES string of the molecule is COc1ccc(Br)c(/C=C/CN)c1O. The zero-order valence-corrected chi connectivity index (χ0v) is 9.41. The second-order valence-electron chi connectivity index (χ2n) is 2.65. The summed E-state index contributed by atoms with van der Waals surface area (Å²) in [4.78, 5) is 0. The third kappa shape index (κ3) is 2.27. The first-order valence-electron chi connectivity index (χ1n) is 4.12. The van der Waals surface area contributed by atoms with Crippen molar-refractivity contribution in [1.82, 2.24) is 0 Å². The van der Waals surface area contributed by atoms with Crippen molar-refractivity contribution in [3.8, 4) is 11.5 Å². The molecule has 14 heavy (non-hydrogen) atoms. The molecule has 3 nitrogen and oxygen atoms in total. The molecular formula is C10H12BrNO2. The first-order chi connectivity index (χ1) is 6.70. The Labute approximate surface area is 91.3 Å². The summed E-state index contributed by atoms with van der Waals surface area (Å²) in [6.07, 6.45) is 3.52. The van der Waals surface area contributed by atoms with E-state index in [1.165, 1.54) is 7.11 Å². The summed E-state index contributed by atoms with van der Waals surface area (Å²) in [5.41, 5.74) is 6.01. The summed E-state index contributed by atoms with van der Waals surface area (Å²) in [5.74, 6) is 0.566. The summed E-state index contributed by atoms with van der Waals surface area (Å²) in [6.45, 7) is 0.434. The Bertz CT molecular complexity index is 350. The Kier molecular flexibility index (Phi) is 3.98. The fourth-order valence-corrected chi connectivity index (χ4v) is 1.52. The molecule has 0 heterocycles. The van der Waals surface area contributed by atoms with Crippen LogP contribution in [0.4, 0.5) is 0 Å². The van der Waals surface area contributed by atoms with E-state index < -0.39 is 0 Å². The molecule has 76 valence electrons. The second-order valence-corrected chi connectivity index (χ2v) is 3.50. The summed E-state index contributed by atoms with van der Waals surface area (Å²) in [6, 6.07) is 3.51. The van der Waals surface area contributed by atoms with Crippen LogP contribution in [0, 0.1) is 0 Å². The number of hydrogen-bond donors (Lipinski definition) is 2. The van der Waals surface area contributed by atoms with Gasteiger partial charge in [-0.25, -0.2) is 0 Å². The minimum Gasteiger partial charge on any atom is -0.504 e. The van der Waals surface area contributed by atoms with E-state index in [4.69, 9.17) is 10.5 Å². The lowest BCUT2D eigenvalue weighted by molar-refractivity contribution is 0.372. The Morgan fingerprint density at radius 2 is 2.29 bits per heavy atom. The average Bonchev–Trinajstić information content (AvgIpc) is 2.18. The van der Waals surface area contributed by atoms with Crippen molar-refractivity contribution < 1.29 is 9.84 Å². The Morgan fingerprint density at radius 1 is 1.57 bits per heavy atom. The molecule has 1 aromatic rings. The number of methoxy groups -OCH3 is 1. The normalized spacial score (nSPS) is 10.8. The van der Waals surface area contributed by atoms with Gasteiger partial charge in [0.25, 0.3) is 0 Å². The van der Waals surface area contributed by atoms with Crippen LogP contribution in [-0.4, -0.2) is 18.8 Å². The van der Waals surface area contributed by atoms with Gasteiger partial charge in [-0.1, -0.05) is 28.1 Å². The van der Waals surface area contributed by atoms with E-state index in [-0.39, 0.29) is 5.75 Å². The summed E-state index contributed by atoms with van der Waals surface area (Å²) in [7, 11) is 1.51. The fourth-order valence-electron chi connectivity index (χ4n) is 1.07. The quantitative estimate of drug-likeness (QED) is 0.873. The number of nitrogens with two attached hydrogens (primary N) is 1. The lowest BCUT2D eigenvalue weighted by atomic mass is 10.1. The highest BCUT2D eigenvalue weighted by atomic mass is 79.9. The van der Waals surface area contributed by atoms with Crippen molar-refractivity contribution in [3.05, 3.63) is 28.2 Å². The predicted octanol–water partition coefficient (Wildman–Crippen LogP) is 2.14. The first kappa shape index (κ1) is 11.1. The summed E-state index contributed by atoms with van der Waals surface area (Å²) >= 11 is 3.33. The van der Waals surface area contributed by atoms with E-state index in [1.54, 1.807) is 18.2 Å². The van der Waals surface area contributed by atoms with E-state index in [2.05, 4.69) is 15.9 Å². The molecule has 0 spiro atoms. The number of phenols is 1. The highest BCUT2D eigenvalue weighted by molar-refractivity contribution is 9.10. The van der Waals surface area contributed by atoms with Gasteiger partial charge in [0.1, 0.15) is 0 Å². The summed E-state index contributed by atoms with van der Waals surface area (Å²) in [5, 5.41) is 9.75. The van der Waals surface area contributed by atoms with E-state index in [1.807, 2.05) is 6.07 Å². The van der Waals surface area contributed by atoms with Gasteiger partial charge in [0.2, 0.25) is 0 Å². The molecule has 0 aliphatic carbocycles. The van der Waals surface area contributed by atoms with Crippen molar-refractivity contribution in [3.63, 3.8) is 0 Å². The molecule has 1 rings (SSSR count). The number of rotatable bonds is 3. The molecule has 0 amide bonds. The zero-order valence-electron chi connectivity index (χ0n) is 7.83. The van der Waals surface area contributed by atoms with Crippen LogP contribution >= 0.6 is 15.9 Å². The van der Waals surface area contributed by atoms with Gasteiger partial charge in [-0.15, -0.1) is 0 Å². The predicted molar refractivity (Wildman–Crippen MR) is 60.4 cm³/mol. The number of hydrogen-bond acceptors (Lipinski definition) is 3. The van der Waals surface area contributed by atoms with Gasteiger partial charge in [0.15, 0.2) is 11.5 Å². The fraction of sp³-hybridized carbons (Fsp3) is 0.200. The van der Waals surface area contributed by atoms with Crippen molar-refractivity contribution >= 4 is 22.0 Å². The molecule has 1 aromatic carbocycles. The van der Waals surface area contributed by atoms with E-state index in [0.29, 0.717) is 17.9 Å². The number of halogens is 1. The lowest BCUT2D eigenvalue weighted by Crippen LogP contribution is -1.92. The van der Waals surface area contributed by atoms with Crippen molar-refractivity contribution in [2.75, 3.05) is 13.7 Å². The molecule has 0 radical (unpaired) electrons. The van der Waals surface area contributed by atoms with Crippen LogP contribution in [0.2, 0.25) is 0 Å². The third-order valence-corrected chi connectivity index (χ3v) is 2.46. The minimum absolute atomic E-state index is 0.117. The molecule has 0 atom stereocenters. The molecule has 0 saturated carbocycles. The Morgan fingerprint density at radius 3 is 2.86 bits per heavy atom. The van der Waals surface area contributed by atoms with Crippen LogP contribution in [0.5, 0.6) is 11.5 Å². The number of benzene rings is 1. The van der Waals surface area contributed by atoms with Gasteiger partial charge < -0.3 is 15.6 Å². The van der Waals surface area contributed by atoms with Crippen molar-refractivity contribution in [1.29, 1.82) is 0 Å². The van der Waals surface area contributed by atoms with Crippen molar-refractivity contribution in [2.45, 2.75) is 0 Å². The van der Waals surface area contributed by atoms with Crippen LogP contribution in [0.15, 0.2) is 22.7 Å². The second kappa shape index (κ2) is 5.02. The van der Waals surface area contributed by atoms with Crippen LogP contribution in [0.3, 0.4) is 0 Å². The highest BCUT2D eigenvalue weighted by Crippen LogP contribution is 2.35. The Balaban J connectivity index is 3.18. The molecule has 0 fully saturated rings. The topological polar surface area (TPSA) is 55.5 Å². The molecule has 0 unspecified atom stereocenters. The Hall–Kier alpha value is -1.00. The van der Waals surface area contributed by atoms with Gasteiger partial charge in [0.05, 0.1) is 7.11 Å². The van der Waals surface area contributed by atoms with E-state index in [9.17, 15) is 5.11 Å². The largest absolute Gasteiger partial charge is 0.504 e. The number of ether oxygens (including phenoxy) is 1. The minimum atomic E-state index is 0.117. The smallest absolute Gasteiger partial charge is 0.166 e. The number of aromatic hydroxyl groups is 1. The average molecular weight is 258 g/mol. The van der Waals surface area contributed by atoms with Gasteiger partial charge in [-0.2, -0.15) is 0 Å². The molecular weight excluding hydrogens is 246 g/mol.